The highest BCUT2D eigenvalue weighted by molar-refractivity contribution is 7.80. The highest BCUT2D eigenvalue weighted by Crippen LogP contribution is 2.68. The van der Waals surface area contributed by atoms with Gasteiger partial charge in [0, 0.05) is 13.0 Å². The molecule has 1 fully saturated rings. The zero-order valence-electron chi connectivity index (χ0n) is 11.0. The predicted octanol–water partition coefficient (Wildman–Crippen LogP) is 1.80. The van der Waals surface area contributed by atoms with E-state index in [-0.39, 0.29) is 28.7 Å². The van der Waals surface area contributed by atoms with Gasteiger partial charge in [-0.1, -0.05) is 39.9 Å². The molecule has 0 heterocycles. The molecule has 0 aromatic heterocycles. The van der Waals surface area contributed by atoms with Gasteiger partial charge in [-0.05, 0) is 17.8 Å². The molecule has 92 valence electrons. The van der Waals surface area contributed by atoms with Crippen molar-refractivity contribution in [3.05, 3.63) is 0 Å². The largest absolute Gasteiger partial charge is 0.392 e. The molecule has 0 aromatic rings. The number of carbonyl (C=O) groups excluding carboxylic acids is 1. The number of hydrogen-bond donors (Lipinski definition) is 1. The number of nitrogens with two attached hydrogens (primary N) is 1. The van der Waals surface area contributed by atoms with E-state index in [0.29, 0.717) is 4.99 Å². The Hall–Kier alpha value is -0.640. The first-order valence-electron chi connectivity index (χ1n) is 5.61. The minimum atomic E-state index is -0.172. The van der Waals surface area contributed by atoms with Crippen molar-refractivity contribution in [1.29, 1.82) is 0 Å². The van der Waals surface area contributed by atoms with Crippen molar-refractivity contribution in [1.82, 2.24) is 4.90 Å². The van der Waals surface area contributed by atoms with Crippen LogP contribution in [0.4, 0.5) is 0 Å². The fraction of sp³-hybridized carbons (Fsp3) is 0.833. The van der Waals surface area contributed by atoms with Gasteiger partial charge in [0.15, 0.2) is 0 Å². The smallest absolute Gasteiger partial charge is 0.227 e. The molecule has 1 aliphatic rings. The molecule has 0 aliphatic heterocycles. The molecule has 1 aliphatic carbocycles. The maximum atomic E-state index is 12.3. The first-order valence-corrected chi connectivity index (χ1v) is 6.02. The maximum absolute atomic E-state index is 12.3. The van der Waals surface area contributed by atoms with Gasteiger partial charge in [0.1, 0.15) is 0 Å². The zero-order valence-corrected chi connectivity index (χ0v) is 11.8. The number of thiocarbonyl (C=S) groups is 1. The average molecular weight is 242 g/mol. The highest BCUT2D eigenvalue weighted by atomic mass is 32.1. The van der Waals surface area contributed by atoms with Crippen LogP contribution in [0.2, 0.25) is 0 Å². The minimum absolute atomic E-state index is 0.0638. The molecule has 1 atom stereocenters. The Balaban J connectivity index is 2.79. The lowest BCUT2D eigenvalue weighted by molar-refractivity contribution is -0.133. The van der Waals surface area contributed by atoms with Gasteiger partial charge >= 0.3 is 0 Å². The zero-order chi connectivity index (χ0) is 12.9. The van der Waals surface area contributed by atoms with E-state index in [1.165, 1.54) is 0 Å². The second-order valence-corrected chi connectivity index (χ2v) is 6.38. The molecule has 1 amide bonds. The Bertz CT molecular complexity index is 322. The number of nitrogens with zero attached hydrogens (tertiary/aromatic N) is 1. The van der Waals surface area contributed by atoms with E-state index in [1.807, 2.05) is 6.92 Å². The lowest BCUT2D eigenvalue weighted by atomic mass is 10.0. The summed E-state index contributed by atoms with van der Waals surface area (Å²) in [7, 11) is 1.77. The number of rotatable bonds is 3. The Kier molecular flexibility index (Phi) is 3.10. The molecule has 3 nitrogen and oxygen atoms in total. The Morgan fingerprint density at radius 1 is 1.31 bits per heavy atom. The SMILES string of the molecule is CC(C(N)=S)N(C)C(=O)C1C(C)(C)C1(C)C. The van der Waals surface area contributed by atoms with Crippen molar-refractivity contribution in [2.75, 3.05) is 7.05 Å². The van der Waals surface area contributed by atoms with Crippen molar-refractivity contribution >= 4 is 23.1 Å². The van der Waals surface area contributed by atoms with Gasteiger partial charge in [-0.2, -0.15) is 0 Å². The summed E-state index contributed by atoms with van der Waals surface area (Å²) < 4.78 is 0. The van der Waals surface area contributed by atoms with Crippen LogP contribution in [0.25, 0.3) is 0 Å². The summed E-state index contributed by atoms with van der Waals surface area (Å²) in [6.07, 6.45) is 0. The third kappa shape index (κ3) is 1.73. The third-order valence-corrected chi connectivity index (χ3v) is 4.95. The standard InChI is InChI=1S/C12H22N2OS/c1-7(9(13)16)14(6)10(15)8-11(2,3)12(8,4)5/h7-8H,1-6H3,(H2,13,16). The molecule has 16 heavy (non-hydrogen) atoms. The van der Waals surface area contributed by atoms with Crippen LogP contribution in [0.3, 0.4) is 0 Å². The summed E-state index contributed by atoms with van der Waals surface area (Å²) in [5.74, 6) is 0.220. The van der Waals surface area contributed by atoms with Gasteiger partial charge in [-0.15, -0.1) is 0 Å². The lowest BCUT2D eigenvalue weighted by Crippen LogP contribution is -2.44. The first-order chi connectivity index (χ1) is 7.05. The molecule has 0 aromatic carbocycles. The maximum Gasteiger partial charge on any atom is 0.227 e. The summed E-state index contributed by atoms with van der Waals surface area (Å²) in [4.78, 5) is 14.3. The number of likely N-dealkylation sites (N-methyl/N-ethyl adjacent to an activating group) is 1. The minimum Gasteiger partial charge on any atom is -0.392 e. The van der Waals surface area contributed by atoms with Crippen molar-refractivity contribution in [3.8, 4) is 0 Å². The van der Waals surface area contributed by atoms with Crippen LogP contribution in [-0.2, 0) is 4.79 Å². The fourth-order valence-corrected chi connectivity index (χ4v) is 2.56. The molecule has 0 spiro atoms. The molecule has 0 radical (unpaired) electrons. The molecule has 0 bridgehead atoms. The molecule has 0 saturated heterocycles. The van der Waals surface area contributed by atoms with Crippen LogP contribution >= 0.6 is 12.2 Å². The Morgan fingerprint density at radius 3 is 1.94 bits per heavy atom. The topological polar surface area (TPSA) is 46.3 Å². The molecule has 1 rings (SSSR count). The van der Waals surface area contributed by atoms with Crippen LogP contribution in [-0.4, -0.2) is 28.9 Å². The van der Waals surface area contributed by atoms with E-state index < -0.39 is 0 Å². The van der Waals surface area contributed by atoms with E-state index in [2.05, 4.69) is 27.7 Å². The quantitative estimate of drug-likeness (QED) is 0.768. The van der Waals surface area contributed by atoms with Crippen LogP contribution in [0.1, 0.15) is 34.6 Å². The highest BCUT2D eigenvalue weighted by Gasteiger charge is 2.68. The van der Waals surface area contributed by atoms with Crippen molar-refractivity contribution in [2.24, 2.45) is 22.5 Å². The molecule has 1 saturated carbocycles. The molecule has 2 N–H and O–H groups in total. The number of carbonyl (C=O) groups is 1. The Morgan fingerprint density at radius 2 is 1.69 bits per heavy atom. The molecular formula is C12H22N2OS. The second kappa shape index (κ2) is 3.69. The van der Waals surface area contributed by atoms with E-state index in [9.17, 15) is 4.79 Å². The van der Waals surface area contributed by atoms with Gasteiger partial charge in [0.25, 0.3) is 0 Å². The summed E-state index contributed by atoms with van der Waals surface area (Å²) in [6, 6.07) is -0.172. The van der Waals surface area contributed by atoms with Gasteiger partial charge in [0.05, 0.1) is 11.0 Å². The Labute approximate surface area is 103 Å². The van der Waals surface area contributed by atoms with Crippen LogP contribution in [0.5, 0.6) is 0 Å². The summed E-state index contributed by atoms with van der Waals surface area (Å²) in [6.45, 7) is 10.4. The monoisotopic (exact) mass is 242 g/mol. The van der Waals surface area contributed by atoms with Gasteiger partial charge < -0.3 is 10.6 Å². The van der Waals surface area contributed by atoms with E-state index in [1.54, 1.807) is 11.9 Å². The number of hydrogen-bond acceptors (Lipinski definition) is 2. The van der Waals surface area contributed by atoms with E-state index in [4.69, 9.17) is 18.0 Å². The van der Waals surface area contributed by atoms with Crippen LogP contribution in [0.15, 0.2) is 0 Å². The normalized spacial score (nSPS) is 23.6. The summed E-state index contributed by atoms with van der Waals surface area (Å²) >= 11 is 4.92. The third-order valence-electron chi connectivity index (χ3n) is 4.61. The van der Waals surface area contributed by atoms with Crippen LogP contribution in [0, 0.1) is 16.7 Å². The van der Waals surface area contributed by atoms with Crippen molar-refractivity contribution in [2.45, 2.75) is 40.7 Å². The van der Waals surface area contributed by atoms with Gasteiger partial charge in [-0.3, -0.25) is 4.79 Å². The summed E-state index contributed by atoms with van der Waals surface area (Å²) in [5, 5.41) is 0. The predicted molar refractivity (Wildman–Crippen MR) is 70.1 cm³/mol. The van der Waals surface area contributed by atoms with E-state index in [0.717, 1.165) is 0 Å². The average Bonchev–Trinajstić information content (AvgIpc) is 2.54. The van der Waals surface area contributed by atoms with Gasteiger partial charge in [-0.25, -0.2) is 0 Å². The second-order valence-electron chi connectivity index (χ2n) is 5.90. The molecule has 4 heteroatoms. The molecule has 1 unspecified atom stereocenters. The van der Waals surface area contributed by atoms with Crippen molar-refractivity contribution < 1.29 is 4.79 Å². The number of amides is 1. The first kappa shape index (κ1) is 13.4. The lowest BCUT2D eigenvalue weighted by Gasteiger charge is -2.24. The molecular weight excluding hydrogens is 220 g/mol. The summed E-state index contributed by atoms with van der Waals surface area (Å²) in [5.41, 5.74) is 5.70. The van der Waals surface area contributed by atoms with Crippen LogP contribution < -0.4 is 5.73 Å². The van der Waals surface area contributed by atoms with E-state index >= 15 is 0 Å². The fourth-order valence-electron chi connectivity index (χ4n) is 2.40. The van der Waals surface area contributed by atoms with Gasteiger partial charge in [0.2, 0.25) is 5.91 Å². The van der Waals surface area contributed by atoms with Crippen molar-refractivity contribution in [3.63, 3.8) is 0 Å².